The number of hydrogen-bond donors (Lipinski definition) is 3. The van der Waals surface area contributed by atoms with Gasteiger partial charge in [0, 0.05) is 55.3 Å². The summed E-state index contributed by atoms with van der Waals surface area (Å²) in [5.74, 6) is -1.34. The van der Waals surface area contributed by atoms with Crippen LogP contribution in [0.15, 0.2) is 78.0 Å². The van der Waals surface area contributed by atoms with Gasteiger partial charge >= 0.3 is 5.69 Å². The molecule has 5 heterocycles. The van der Waals surface area contributed by atoms with Crippen LogP contribution in [0.1, 0.15) is 118 Å². The lowest BCUT2D eigenvalue weighted by atomic mass is 9.59. The predicted molar refractivity (Wildman–Crippen MR) is 249 cm³/mol. The zero-order chi connectivity index (χ0) is 46.8. The fraction of sp³-hybridized carbons (Fsp3) is 0.480. The van der Waals surface area contributed by atoms with E-state index in [2.05, 4.69) is 62.6 Å². The summed E-state index contributed by atoms with van der Waals surface area (Å²) in [7, 11) is -4.74. The van der Waals surface area contributed by atoms with Gasteiger partial charge in [0.2, 0.25) is 5.75 Å². The first-order valence-electron chi connectivity index (χ1n) is 23.5. The summed E-state index contributed by atoms with van der Waals surface area (Å²) in [6.07, 6.45) is 11.1. The van der Waals surface area contributed by atoms with E-state index in [1.54, 1.807) is 19.1 Å². The summed E-state index contributed by atoms with van der Waals surface area (Å²) in [6.45, 7) is 9.02. The molecule has 3 aromatic carbocycles. The van der Waals surface area contributed by atoms with Gasteiger partial charge in [0.15, 0.2) is 5.75 Å². The Morgan fingerprint density at radius 3 is 2.55 bits per heavy atom. The van der Waals surface area contributed by atoms with E-state index >= 15 is 0 Å². The van der Waals surface area contributed by atoms with Crippen molar-refractivity contribution in [1.82, 2.24) is 19.6 Å². The molecule has 354 valence electrons. The number of pyridine rings is 1. The van der Waals surface area contributed by atoms with Gasteiger partial charge in [0.05, 0.1) is 32.6 Å². The van der Waals surface area contributed by atoms with Crippen LogP contribution in [0, 0.1) is 27.3 Å². The third kappa shape index (κ3) is 8.81. The molecule has 67 heavy (non-hydrogen) atoms. The maximum atomic E-state index is 14.7. The molecule has 2 saturated carbocycles. The fourth-order valence-electron chi connectivity index (χ4n) is 11.4. The molecular formula is C50H57FN6O9S. The molecule has 2 aromatic heterocycles. The number of likely N-dealkylation sites (tertiary alicyclic amines) is 1. The van der Waals surface area contributed by atoms with Crippen molar-refractivity contribution in [3.63, 3.8) is 0 Å². The molecule has 4 fully saturated rings. The summed E-state index contributed by atoms with van der Waals surface area (Å²) in [4.78, 5) is 37.1. The number of amides is 1. The van der Waals surface area contributed by atoms with E-state index in [0.717, 1.165) is 63.1 Å². The number of ether oxygens (including phenoxy) is 3. The van der Waals surface area contributed by atoms with Gasteiger partial charge in [-0.3, -0.25) is 19.8 Å². The minimum atomic E-state index is -4.74. The van der Waals surface area contributed by atoms with Crippen LogP contribution in [0.2, 0.25) is 0 Å². The molecule has 2 aliphatic carbocycles. The number of aromatic nitrogens is 2. The van der Waals surface area contributed by atoms with Crippen molar-refractivity contribution in [2.45, 2.75) is 120 Å². The Bertz CT molecular complexity index is 2830. The van der Waals surface area contributed by atoms with Crippen LogP contribution in [0.4, 0.5) is 15.8 Å². The number of hydrogen-bond acceptors (Lipinski definition) is 12. The monoisotopic (exact) mass is 936 g/mol. The van der Waals surface area contributed by atoms with Crippen molar-refractivity contribution >= 4 is 38.3 Å². The molecule has 17 heteroatoms. The average molecular weight is 937 g/mol. The third-order valence-electron chi connectivity index (χ3n) is 15.2. The van der Waals surface area contributed by atoms with Crippen LogP contribution in [-0.2, 0) is 10.0 Å². The number of nitro benzene ring substituents is 1. The second kappa shape index (κ2) is 17.4. The number of anilines is 1. The summed E-state index contributed by atoms with van der Waals surface area (Å²) in [6, 6.07) is 18.2. The maximum absolute atomic E-state index is 14.7. The Kier molecular flexibility index (Phi) is 11.7. The number of carbonyl (C=O) groups excluding carboxylic acids is 1. The van der Waals surface area contributed by atoms with Crippen molar-refractivity contribution < 1.29 is 41.8 Å². The number of H-pyrrole nitrogens is 1. The Morgan fingerprint density at radius 2 is 1.81 bits per heavy atom. The van der Waals surface area contributed by atoms with Gasteiger partial charge in [-0.1, -0.05) is 38.1 Å². The van der Waals surface area contributed by atoms with E-state index in [1.807, 2.05) is 0 Å². The van der Waals surface area contributed by atoms with Crippen molar-refractivity contribution in [3.05, 3.63) is 106 Å². The number of fused-ring (bicyclic) bond motifs is 2. The zero-order valence-corrected chi connectivity index (χ0v) is 38.8. The molecule has 3 N–H and O–H groups in total. The second-order valence-electron chi connectivity index (χ2n) is 20.0. The first kappa shape index (κ1) is 45.0. The van der Waals surface area contributed by atoms with Crippen LogP contribution in [0.5, 0.6) is 23.0 Å². The molecule has 0 radical (unpaired) electrons. The summed E-state index contributed by atoms with van der Waals surface area (Å²) < 4.78 is 62.9. The standard InChI is InChI=1S/C50H57FN6O9S/c1-30(2)36-7-4-5-8-37(36)41-9-6-18-56(41)33-25-50(26-33)16-19-55(20-17-50)32-10-11-38(43(21-32)65-34-22-39-40(51)28-53-47(39)52-27-34)48(58)54-67(62,63)35-23-42(57(60)61)46-44(24-35)64-29-45(66-46)31-12-14-49(3,59)15-13-31/h4-5,7-8,10-11,21-24,27-28,30-31,33,41,45,59H,6,9,12-20,25-26,29H2,1-3H3,(H,52,53)(H,54,58)/t31-,41-,45+,49-/m1/s1. The number of halogens is 1. The van der Waals surface area contributed by atoms with E-state index in [1.165, 1.54) is 48.5 Å². The van der Waals surface area contributed by atoms with Gasteiger partial charge < -0.3 is 29.2 Å². The number of piperidine rings is 1. The van der Waals surface area contributed by atoms with Gasteiger partial charge in [-0.25, -0.2) is 22.5 Å². The minimum Gasteiger partial charge on any atom is -0.485 e. The molecule has 10 rings (SSSR count). The largest absolute Gasteiger partial charge is 0.485 e. The molecule has 5 aliphatic rings. The molecule has 2 atom stereocenters. The Morgan fingerprint density at radius 1 is 1.04 bits per heavy atom. The van der Waals surface area contributed by atoms with Crippen molar-refractivity contribution in [2.24, 2.45) is 11.3 Å². The van der Waals surface area contributed by atoms with Gasteiger partial charge in [-0.2, -0.15) is 0 Å². The van der Waals surface area contributed by atoms with E-state index in [-0.39, 0.29) is 51.9 Å². The summed E-state index contributed by atoms with van der Waals surface area (Å²) in [5, 5.41) is 22.9. The SMILES string of the molecule is CC(C)c1ccccc1[C@H]1CCCN1C1CC2(CCN(c3ccc(C(=O)NS(=O)(=O)c4cc5c(c([N+](=O)[O-])c4)O[C@H]([C@H]4CC[C@](C)(O)CC4)CO5)c(Oc4cnc5[nH]cc(F)c5c4)c3)CC2)C1. The van der Waals surface area contributed by atoms with E-state index in [9.17, 15) is 32.8 Å². The van der Waals surface area contributed by atoms with Gasteiger partial charge in [0.25, 0.3) is 15.9 Å². The topological polar surface area (TPSA) is 189 Å². The quantitative estimate of drug-likeness (QED) is 0.0842. The van der Waals surface area contributed by atoms with Gasteiger partial charge in [-0.15, -0.1) is 0 Å². The maximum Gasteiger partial charge on any atom is 0.316 e. The van der Waals surface area contributed by atoms with E-state index in [0.29, 0.717) is 49.3 Å². The molecular weight excluding hydrogens is 880 g/mol. The predicted octanol–water partition coefficient (Wildman–Crippen LogP) is 9.31. The zero-order valence-electron chi connectivity index (χ0n) is 38.0. The number of nitro groups is 1. The lowest BCUT2D eigenvalue weighted by Gasteiger charge is -2.56. The smallest absolute Gasteiger partial charge is 0.316 e. The highest BCUT2D eigenvalue weighted by Crippen LogP contribution is 2.54. The lowest BCUT2D eigenvalue weighted by molar-refractivity contribution is -0.386. The van der Waals surface area contributed by atoms with E-state index in [4.69, 9.17) is 14.2 Å². The van der Waals surface area contributed by atoms with Crippen LogP contribution in [-0.4, -0.2) is 83.2 Å². The van der Waals surface area contributed by atoms with Crippen LogP contribution in [0.3, 0.4) is 0 Å². The summed E-state index contributed by atoms with van der Waals surface area (Å²) >= 11 is 0. The first-order chi connectivity index (χ1) is 32.1. The molecule has 0 unspecified atom stereocenters. The normalized spacial score (nSPS) is 24.2. The highest BCUT2D eigenvalue weighted by Gasteiger charge is 2.50. The van der Waals surface area contributed by atoms with Gasteiger partial charge in [-0.05, 0) is 124 Å². The Balaban J connectivity index is 0.863. The Hall–Kier alpha value is -5.78. The minimum absolute atomic E-state index is 0.0106. The number of rotatable bonds is 11. The number of sulfonamides is 1. The highest BCUT2D eigenvalue weighted by molar-refractivity contribution is 7.90. The molecule has 0 bridgehead atoms. The molecule has 3 aliphatic heterocycles. The molecule has 1 amide bonds. The highest BCUT2D eigenvalue weighted by atomic mass is 32.2. The first-order valence-corrected chi connectivity index (χ1v) is 25.0. The van der Waals surface area contributed by atoms with Gasteiger partial charge in [0.1, 0.15) is 35.7 Å². The molecule has 5 aromatic rings. The molecule has 1 spiro atoms. The average Bonchev–Trinajstić information content (AvgIpc) is 3.94. The summed E-state index contributed by atoms with van der Waals surface area (Å²) in [5.41, 5.74) is 2.68. The third-order valence-corrected chi connectivity index (χ3v) is 16.5. The van der Waals surface area contributed by atoms with Crippen LogP contribution in [0.25, 0.3) is 11.0 Å². The molecule has 15 nitrogen and oxygen atoms in total. The number of nitrogens with zero attached hydrogens (tertiary/aromatic N) is 4. The van der Waals surface area contributed by atoms with Crippen LogP contribution < -0.4 is 23.8 Å². The number of carbonyl (C=O) groups is 1. The number of aliphatic hydroxyl groups is 1. The number of nitrogens with one attached hydrogen (secondary N) is 2. The fourth-order valence-corrected chi connectivity index (χ4v) is 12.4. The number of benzene rings is 3. The molecule has 2 saturated heterocycles. The lowest BCUT2D eigenvalue weighted by Crippen LogP contribution is -2.54. The van der Waals surface area contributed by atoms with Crippen molar-refractivity contribution in [3.8, 4) is 23.0 Å². The van der Waals surface area contributed by atoms with Crippen LogP contribution >= 0.6 is 0 Å². The Labute approximate surface area is 389 Å². The van der Waals surface area contributed by atoms with E-state index < -0.39 is 49.0 Å². The number of aromatic amines is 1. The van der Waals surface area contributed by atoms with Crippen molar-refractivity contribution in [2.75, 3.05) is 31.1 Å². The second-order valence-corrected chi connectivity index (χ2v) is 21.7. The van der Waals surface area contributed by atoms with Crippen molar-refractivity contribution in [1.29, 1.82) is 0 Å².